The van der Waals surface area contributed by atoms with Gasteiger partial charge in [-0.2, -0.15) is 5.26 Å². The molecule has 6 N–H and O–H groups in total. The number of nitriles is 1. The number of amides is 2. The van der Waals surface area contributed by atoms with Crippen molar-refractivity contribution in [3.05, 3.63) is 23.3 Å². The molecule has 1 unspecified atom stereocenters. The van der Waals surface area contributed by atoms with Crippen LogP contribution in [0.15, 0.2) is 17.7 Å². The highest BCUT2D eigenvalue weighted by Crippen LogP contribution is 2.34. The highest BCUT2D eigenvalue weighted by atomic mass is 16.3. The van der Waals surface area contributed by atoms with Gasteiger partial charge >= 0.3 is 0 Å². The van der Waals surface area contributed by atoms with Crippen LogP contribution in [-0.4, -0.2) is 59.7 Å². The maximum atomic E-state index is 12.6. The van der Waals surface area contributed by atoms with Gasteiger partial charge in [0.1, 0.15) is 11.6 Å². The number of likely N-dealkylation sites (N-methyl/N-ethyl adjacent to an activating group) is 1. The van der Waals surface area contributed by atoms with Crippen molar-refractivity contribution in [1.82, 2.24) is 10.2 Å². The zero-order valence-corrected chi connectivity index (χ0v) is 15.6. The van der Waals surface area contributed by atoms with Crippen LogP contribution in [-0.2, 0) is 9.59 Å². The van der Waals surface area contributed by atoms with Gasteiger partial charge in [0.05, 0.1) is 11.7 Å². The molecule has 0 aliphatic heterocycles. The summed E-state index contributed by atoms with van der Waals surface area (Å²) in [6.07, 6.45) is 1.34. The molecule has 2 amide bonds. The monoisotopic (exact) mass is 375 g/mol. The SMILES string of the molecule is CCN(CCNC(C)C(N)=O)C(=O)/C(C#N)=C/c1cc(O)c(O)c(NC)c1. The van der Waals surface area contributed by atoms with E-state index in [9.17, 15) is 25.1 Å². The zero-order chi connectivity index (χ0) is 20.6. The first-order valence-electron chi connectivity index (χ1n) is 8.42. The van der Waals surface area contributed by atoms with E-state index in [0.717, 1.165) is 0 Å². The van der Waals surface area contributed by atoms with Crippen molar-refractivity contribution in [2.75, 3.05) is 32.0 Å². The second-order valence-electron chi connectivity index (χ2n) is 5.82. The molecule has 0 aliphatic rings. The number of carbonyl (C=O) groups excluding carboxylic acids is 2. The summed E-state index contributed by atoms with van der Waals surface area (Å²) in [7, 11) is 1.57. The van der Waals surface area contributed by atoms with Crippen molar-refractivity contribution in [3.63, 3.8) is 0 Å². The maximum Gasteiger partial charge on any atom is 0.264 e. The molecule has 0 radical (unpaired) electrons. The number of anilines is 1. The van der Waals surface area contributed by atoms with Crippen LogP contribution in [0.4, 0.5) is 5.69 Å². The second kappa shape index (κ2) is 10.0. The molecule has 1 aromatic carbocycles. The molecule has 0 aliphatic carbocycles. The number of nitrogens with zero attached hydrogens (tertiary/aromatic N) is 2. The van der Waals surface area contributed by atoms with Gasteiger partial charge < -0.3 is 31.5 Å². The number of benzene rings is 1. The van der Waals surface area contributed by atoms with Gasteiger partial charge in [0.2, 0.25) is 5.91 Å². The molecular formula is C18H25N5O4. The van der Waals surface area contributed by atoms with Crippen LogP contribution < -0.4 is 16.4 Å². The molecule has 27 heavy (non-hydrogen) atoms. The second-order valence-corrected chi connectivity index (χ2v) is 5.82. The summed E-state index contributed by atoms with van der Waals surface area (Å²) >= 11 is 0. The molecular weight excluding hydrogens is 350 g/mol. The van der Waals surface area contributed by atoms with Gasteiger partial charge in [-0.25, -0.2) is 0 Å². The van der Waals surface area contributed by atoms with Gasteiger partial charge in [-0.3, -0.25) is 9.59 Å². The highest BCUT2D eigenvalue weighted by molar-refractivity contribution is 6.01. The number of phenolic OH excluding ortho intramolecular Hbond substituents is 2. The molecule has 0 bridgehead atoms. The first-order chi connectivity index (χ1) is 12.7. The number of aromatic hydroxyl groups is 2. The summed E-state index contributed by atoms with van der Waals surface area (Å²) in [5.74, 6) is -1.65. The lowest BCUT2D eigenvalue weighted by Gasteiger charge is -2.21. The lowest BCUT2D eigenvalue weighted by atomic mass is 10.1. The van der Waals surface area contributed by atoms with E-state index >= 15 is 0 Å². The van der Waals surface area contributed by atoms with E-state index in [0.29, 0.717) is 18.7 Å². The predicted molar refractivity (Wildman–Crippen MR) is 102 cm³/mol. The van der Waals surface area contributed by atoms with E-state index in [4.69, 9.17) is 5.73 Å². The Morgan fingerprint density at radius 2 is 2.07 bits per heavy atom. The number of hydrogen-bond acceptors (Lipinski definition) is 7. The molecule has 146 valence electrons. The smallest absolute Gasteiger partial charge is 0.264 e. The Labute approximate surface area is 158 Å². The third-order valence-electron chi connectivity index (χ3n) is 3.97. The van der Waals surface area contributed by atoms with E-state index in [-0.39, 0.29) is 29.3 Å². The Balaban J connectivity index is 2.97. The Kier molecular flexibility index (Phi) is 8.10. The van der Waals surface area contributed by atoms with Crippen LogP contribution in [0.3, 0.4) is 0 Å². The van der Waals surface area contributed by atoms with Gasteiger partial charge in [0.15, 0.2) is 11.5 Å². The third kappa shape index (κ3) is 5.90. The molecule has 0 heterocycles. The van der Waals surface area contributed by atoms with E-state index in [1.54, 1.807) is 20.9 Å². The van der Waals surface area contributed by atoms with E-state index in [1.807, 2.05) is 6.07 Å². The minimum atomic E-state index is -0.523. The molecule has 0 saturated carbocycles. The molecule has 1 aromatic rings. The van der Waals surface area contributed by atoms with Crippen molar-refractivity contribution in [2.45, 2.75) is 19.9 Å². The number of nitrogens with two attached hydrogens (primary N) is 1. The highest BCUT2D eigenvalue weighted by Gasteiger charge is 2.18. The van der Waals surface area contributed by atoms with Crippen LogP contribution in [0, 0.1) is 11.3 Å². The van der Waals surface area contributed by atoms with Crippen molar-refractivity contribution in [3.8, 4) is 17.6 Å². The Hall–Kier alpha value is -3.25. The number of nitrogens with one attached hydrogen (secondary N) is 2. The fraction of sp³-hybridized carbons (Fsp3) is 0.389. The van der Waals surface area contributed by atoms with Crippen molar-refractivity contribution >= 4 is 23.6 Å². The van der Waals surface area contributed by atoms with Gasteiger partial charge in [0, 0.05) is 26.7 Å². The Morgan fingerprint density at radius 1 is 1.41 bits per heavy atom. The topological polar surface area (TPSA) is 152 Å². The molecule has 1 atom stereocenters. The van der Waals surface area contributed by atoms with Gasteiger partial charge in [-0.05, 0) is 37.6 Å². The van der Waals surface area contributed by atoms with Crippen LogP contribution in [0.1, 0.15) is 19.4 Å². The predicted octanol–water partition coefficient (Wildman–Crippen LogP) is 0.358. The summed E-state index contributed by atoms with van der Waals surface area (Å²) in [6, 6.07) is 4.10. The molecule has 0 aromatic heterocycles. The summed E-state index contributed by atoms with van der Waals surface area (Å²) in [4.78, 5) is 25.1. The summed E-state index contributed by atoms with van der Waals surface area (Å²) in [5, 5.41) is 34.5. The maximum absolute atomic E-state index is 12.6. The number of primary amides is 1. The number of rotatable bonds is 9. The van der Waals surface area contributed by atoms with Crippen molar-refractivity contribution in [1.29, 1.82) is 5.26 Å². The quantitative estimate of drug-likeness (QED) is 0.237. The number of phenols is 2. The molecule has 9 heteroatoms. The van der Waals surface area contributed by atoms with Crippen LogP contribution in [0.5, 0.6) is 11.5 Å². The molecule has 0 fully saturated rings. The standard InChI is InChI=1S/C18H25N5O4/c1-4-23(6-5-22-11(2)17(20)26)18(27)13(10-19)7-12-8-14(21-3)16(25)15(24)9-12/h7-9,11,21-22,24-25H,4-6H2,1-3H3,(H2,20,26)/b13-7+. The molecule has 1 rings (SSSR count). The summed E-state index contributed by atoms with van der Waals surface area (Å²) < 4.78 is 0. The van der Waals surface area contributed by atoms with Gasteiger partial charge in [-0.1, -0.05) is 0 Å². The fourth-order valence-electron chi connectivity index (χ4n) is 2.31. The van der Waals surface area contributed by atoms with Crippen molar-refractivity contribution in [2.24, 2.45) is 5.73 Å². The number of hydrogen-bond donors (Lipinski definition) is 5. The summed E-state index contributed by atoms with van der Waals surface area (Å²) in [6.45, 7) is 4.39. The first kappa shape index (κ1) is 21.8. The van der Waals surface area contributed by atoms with Gasteiger partial charge in [-0.15, -0.1) is 0 Å². The first-order valence-corrected chi connectivity index (χ1v) is 8.42. The van der Waals surface area contributed by atoms with Crippen LogP contribution >= 0.6 is 0 Å². The molecule has 0 saturated heterocycles. The van der Waals surface area contributed by atoms with E-state index in [2.05, 4.69) is 10.6 Å². The fourth-order valence-corrected chi connectivity index (χ4v) is 2.31. The van der Waals surface area contributed by atoms with Crippen molar-refractivity contribution < 1.29 is 19.8 Å². The average Bonchev–Trinajstić information content (AvgIpc) is 2.64. The van der Waals surface area contributed by atoms with Gasteiger partial charge in [0.25, 0.3) is 5.91 Å². The summed E-state index contributed by atoms with van der Waals surface area (Å²) in [5.41, 5.74) is 5.70. The lowest BCUT2D eigenvalue weighted by molar-refractivity contribution is -0.126. The number of carbonyl (C=O) groups is 2. The van der Waals surface area contributed by atoms with E-state index < -0.39 is 17.9 Å². The van der Waals surface area contributed by atoms with Crippen LogP contribution in [0.25, 0.3) is 6.08 Å². The Bertz CT molecular complexity index is 770. The largest absolute Gasteiger partial charge is 0.504 e. The Morgan fingerprint density at radius 3 is 2.59 bits per heavy atom. The van der Waals surface area contributed by atoms with Crippen LogP contribution in [0.2, 0.25) is 0 Å². The molecule has 0 spiro atoms. The minimum absolute atomic E-state index is 0.119. The minimum Gasteiger partial charge on any atom is -0.504 e. The zero-order valence-electron chi connectivity index (χ0n) is 15.6. The average molecular weight is 375 g/mol. The third-order valence-corrected chi connectivity index (χ3v) is 3.97. The normalized spacial score (nSPS) is 12.1. The van der Waals surface area contributed by atoms with E-state index in [1.165, 1.54) is 23.1 Å². The lowest BCUT2D eigenvalue weighted by Crippen LogP contribution is -2.44. The molecule has 9 nitrogen and oxygen atoms in total.